The summed E-state index contributed by atoms with van der Waals surface area (Å²) in [5, 5.41) is 2.89. The van der Waals surface area contributed by atoms with Crippen LogP contribution in [0.15, 0.2) is 79.1 Å². The molecule has 0 aliphatic rings. The molecule has 1 heterocycles. The van der Waals surface area contributed by atoms with Crippen molar-refractivity contribution in [1.82, 2.24) is 10.3 Å². The van der Waals surface area contributed by atoms with Crippen molar-refractivity contribution in [3.63, 3.8) is 0 Å². The number of para-hydroxylation sites is 1. The van der Waals surface area contributed by atoms with E-state index in [4.69, 9.17) is 4.74 Å². The Morgan fingerprint density at radius 2 is 1.67 bits per heavy atom. The van der Waals surface area contributed by atoms with Gasteiger partial charge in [-0.25, -0.2) is 0 Å². The molecule has 0 saturated carbocycles. The molecule has 0 radical (unpaired) electrons. The fourth-order valence-corrected chi connectivity index (χ4v) is 2.30. The number of rotatable bonds is 6. The number of pyridine rings is 1. The van der Waals surface area contributed by atoms with Gasteiger partial charge in [-0.3, -0.25) is 9.78 Å². The molecule has 0 aliphatic carbocycles. The molecule has 4 nitrogen and oxygen atoms in total. The molecule has 1 aromatic heterocycles. The van der Waals surface area contributed by atoms with Gasteiger partial charge in [-0.1, -0.05) is 48.5 Å². The molecule has 3 rings (SSSR count). The number of benzene rings is 2. The van der Waals surface area contributed by atoms with Crippen LogP contribution in [0, 0.1) is 0 Å². The Morgan fingerprint density at radius 1 is 0.917 bits per heavy atom. The second-order valence-corrected chi connectivity index (χ2v) is 5.31. The number of hydrogen-bond acceptors (Lipinski definition) is 3. The number of carbonyl (C=O) groups is 1. The van der Waals surface area contributed by atoms with E-state index in [1.54, 1.807) is 18.5 Å². The van der Waals surface area contributed by atoms with Gasteiger partial charge in [-0.05, 0) is 29.3 Å². The summed E-state index contributed by atoms with van der Waals surface area (Å²) in [5.74, 6) is 0.410. The van der Waals surface area contributed by atoms with Crippen molar-refractivity contribution >= 4 is 5.91 Å². The first kappa shape index (κ1) is 15.7. The smallest absolute Gasteiger partial charge is 0.255 e. The van der Waals surface area contributed by atoms with Gasteiger partial charge in [0.15, 0.2) is 0 Å². The van der Waals surface area contributed by atoms with Gasteiger partial charge in [0.05, 0.1) is 5.56 Å². The maximum absolute atomic E-state index is 12.4. The zero-order valence-electron chi connectivity index (χ0n) is 13.2. The third-order valence-electron chi connectivity index (χ3n) is 3.54. The summed E-state index contributed by atoms with van der Waals surface area (Å²) < 4.78 is 5.82. The Balaban J connectivity index is 1.65. The standard InChI is InChI=1S/C20H18N2O2/c23-20(22-14-17-9-6-12-21-13-17)18-10-4-5-11-19(18)24-15-16-7-2-1-3-8-16/h1-13H,14-15H2,(H,22,23). The molecule has 0 aliphatic heterocycles. The molecule has 0 spiro atoms. The van der Waals surface area contributed by atoms with Gasteiger partial charge >= 0.3 is 0 Å². The van der Waals surface area contributed by atoms with Gasteiger partial charge < -0.3 is 10.1 Å². The first-order chi connectivity index (χ1) is 11.8. The number of ether oxygens (including phenoxy) is 1. The zero-order valence-corrected chi connectivity index (χ0v) is 13.2. The Hall–Kier alpha value is -3.14. The number of nitrogens with zero attached hydrogens (tertiary/aromatic N) is 1. The molecule has 1 amide bonds. The Labute approximate surface area is 141 Å². The van der Waals surface area contributed by atoms with Gasteiger partial charge in [0.1, 0.15) is 12.4 Å². The van der Waals surface area contributed by atoms with Crippen LogP contribution < -0.4 is 10.1 Å². The minimum atomic E-state index is -0.164. The molecule has 0 bridgehead atoms. The van der Waals surface area contributed by atoms with Crippen LogP contribution in [0.3, 0.4) is 0 Å². The molecule has 24 heavy (non-hydrogen) atoms. The lowest BCUT2D eigenvalue weighted by molar-refractivity contribution is 0.0946. The molecule has 120 valence electrons. The number of carbonyl (C=O) groups excluding carboxylic acids is 1. The fourth-order valence-electron chi connectivity index (χ4n) is 2.30. The van der Waals surface area contributed by atoms with Crippen molar-refractivity contribution in [2.45, 2.75) is 13.2 Å². The van der Waals surface area contributed by atoms with E-state index in [9.17, 15) is 4.79 Å². The van der Waals surface area contributed by atoms with Crippen molar-refractivity contribution in [2.75, 3.05) is 0 Å². The third kappa shape index (κ3) is 4.20. The number of amides is 1. The summed E-state index contributed by atoms with van der Waals surface area (Å²) in [6.07, 6.45) is 3.44. The molecule has 0 saturated heterocycles. The van der Waals surface area contributed by atoms with E-state index in [1.165, 1.54) is 0 Å². The molecule has 4 heteroatoms. The fraction of sp³-hybridized carbons (Fsp3) is 0.100. The van der Waals surface area contributed by atoms with E-state index in [0.29, 0.717) is 24.5 Å². The van der Waals surface area contributed by atoms with Crippen molar-refractivity contribution < 1.29 is 9.53 Å². The predicted molar refractivity (Wildman–Crippen MR) is 92.6 cm³/mol. The van der Waals surface area contributed by atoms with Crippen LogP contribution in [0.25, 0.3) is 0 Å². The van der Waals surface area contributed by atoms with Gasteiger partial charge in [-0.2, -0.15) is 0 Å². The highest BCUT2D eigenvalue weighted by atomic mass is 16.5. The second-order valence-electron chi connectivity index (χ2n) is 5.31. The molecule has 1 N–H and O–H groups in total. The summed E-state index contributed by atoms with van der Waals surface area (Å²) in [5.41, 5.74) is 2.54. The van der Waals surface area contributed by atoms with Crippen molar-refractivity contribution in [1.29, 1.82) is 0 Å². The summed E-state index contributed by atoms with van der Waals surface area (Å²) >= 11 is 0. The summed E-state index contributed by atoms with van der Waals surface area (Å²) in [7, 11) is 0. The van der Waals surface area contributed by atoms with Gasteiger partial charge in [-0.15, -0.1) is 0 Å². The molecular weight excluding hydrogens is 300 g/mol. The first-order valence-corrected chi connectivity index (χ1v) is 7.76. The zero-order chi connectivity index (χ0) is 16.6. The quantitative estimate of drug-likeness (QED) is 0.755. The largest absolute Gasteiger partial charge is 0.488 e. The van der Waals surface area contributed by atoms with Crippen molar-refractivity contribution in [3.8, 4) is 5.75 Å². The van der Waals surface area contributed by atoms with E-state index in [-0.39, 0.29) is 5.91 Å². The Bertz CT molecular complexity index is 789. The number of hydrogen-bond donors (Lipinski definition) is 1. The summed E-state index contributed by atoms with van der Waals surface area (Å²) in [6, 6.07) is 20.9. The lowest BCUT2D eigenvalue weighted by Crippen LogP contribution is -2.23. The van der Waals surface area contributed by atoms with E-state index in [1.807, 2.05) is 60.7 Å². The average Bonchev–Trinajstić information content (AvgIpc) is 2.66. The maximum Gasteiger partial charge on any atom is 0.255 e. The van der Waals surface area contributed by atoms with Crippen molar-refractivity contribution in [3.05, 3.63) is 95.8 Å². The average molecular weight is 318 g/mol. The number of nitrogens with one attached hydrogen (secondary N) is 1. The minimum Gasteiger partial charge on any atom is -0.488 e. The topological polar surface area (TPSA) is 51.2 Å². The molecule has 0 atom stereocenters. The lowest BCUT2D eigenvalue weighted by atomic mass is 10.1. The van der Waals surface area contributed by atoms with Gasteiger partial charge in [0.2, 0.25) is 0 Å². The Kier molecular flexibility index (Phi) is 5.20. The highest BCUT2D eigenvalue weighted by molar-refractivity contribution is 5.96. The van der Waals surface area contributed by atoms with E-state index >= 15 is 0 Å². The minimum absolute atomic E-state index is 0.164. The molecule has 0 fully saturated rings. The summed E-state index contributed by atoms with van der Waals surface area (Å²) in [6.45, 7) is 0.855. The SMILES string of the molecule is O=C(NCc1cccnc1)c1ccccc1OCc1ccccc1. The molecule has 3 aromatic rings. The third-order valence-corrected chi connectivity index (χ3v) is 3.54. The highest BCUT2D eigenvalue weighted by Crippen LogP contribution is 2.19. The van der Waals surface area contributed by atoms with Crippen LogP contribution in [-0.2, 0) is 13.2 Å². The normalized spacial score (nSPS) is 10.2. The monoisotopic (exact) mass is 318 g/mol. The van der Waals surface area contributed by atoms with E-state index in [2.05, 4.69) is 10.3 Å². The highest BCUT2D eigenvalue weighted by Gasteiger charge is 2.12. The second kappa shape index (κ2) is 7.92. The van der Waals surface area contributed by atoms with Crippen LogP contribution in [0.4, 0.5) is 0 Å². The van der Waals surface area contributed by atoms with Crippen molar-refractivity contribution in [2.24, 2.45) is 0 Å². The first-order valence-electron chi connectivity index (χ1n) is 7.76. The van der Waals surface area contributed by atoms with Gasteiger partial charge in [0.25, 0.3) is 5.91 Å². The van der Waals surface area contributed by atoms with Crippen LogP contribution in [0.5, 0.6) is 5.75 Å². The van der Waals surface area contributed by atoms with Gasteiger partial charge in [0, 0.05) is 18.9 Å². The van der Waals surface area contributed by atoms with Crippen LogP contribution >= 0.6 is 0 Å². The van der Waals surface area contributed by atoms with E-state index < -0.39 is 0 Å². The molecule has 2 aromatic carbocycles. The van der Waals surface area contributed by atoms with Crippen LogP contribution in [0.2, 0.25) is 0 Å². The predicted octanol–water partition coefficient (Wildman–Crippen LogP) is 3.59. The van der Waals surface area contributed by atoms with Crippen LogP contribution in [0.1, 0.15) is 21.5 Å². The molecular formula is C20H18N2O2. The van der Waals surface area contributed by atoms with E-state index in [0.717, 1.165) is 11.1 Å². The maximum atomic E-state index is 12.4. The van der Waals surface area contributed by atoms with Crippen LogP contribution in [-0.4, -0.2) is 10.9 Å². The number of aromatic nitrogens is 1. The Morgan fingerprint density at radius 3 is 2.46 bits per heavy atom. The molecule has 0 unspecified atom stereocenters. The lowest BCUT2D eigenvalue weighted by Gasteiger charge is -2.12. The summed E-state index contributed by atoms with van der Waals surface area (Å²) in [4.78, 5) is 16.5.